The Hall–Kier alpha value is -3.93. The molecule has 0 aliphatic rings. The van der Waals surface area contributed by atoms with Crippen molar-refractivity contribution in [3.63, 3.8) is 0 Å². The van der Waals surface area contributed by atoms with Crippen molar-refractivity contribution in [2.45, 2.75) is 6.92 Å². The SMILES string of the molecule is Cc1ccc2[nH]c(O)c(N=NC(=O)COc3ccccc3-c3ccccc3)c2c1. The fourth-order valence-electron chi connectivity index (χ4n) is 3.10. The number of azo groups is 1. The van der Waals surface area contributed by atoms with Gasteiger partial charge in [-0.15, -0.1) is 10.2 Å². The molecule has 0 aliphatic carbocycles. The number of nitrogens with zero attached hydrogens (tertiary/aromatic N) is 2. The minimum atomic E-state index is -0.547. The number of para-hydroxylation sites is 1. The van der Waals surface area contributed by atoms with Gasteiger partial charge in [-0.3, -0.25) is 4.79 Å². The number of aromatic hydroxyl groups is 1. The fraction of sp³-hybridized carbons (Fsp3) is 0.0870. The Morgan fingerprint density at radius 1 is 1.03 bits per heavy atom. The summed E-state index contributed by atoms with van der Waals surface area (Å²) in [7, 11) is 0. The van der Waals surface area contributed by atoms with Crippen molar-refractivity contribution < 1.29 is 14.6 Å². The van der Waals surface area contributed by atoms with Crippen molar-refractivity contribution in [3.8, 4) is 22.8 Å². The number of aromatic amines is 1. The number of carbonyl (C=O) groups excluding carboxylic acids is 1. The molecule has 0 saturated carbocycles. The van der Waals surface area contributed by atoms with Crippen LogP contribution in [0.5, 0.6) is 11.6 Å². The second-order valence-corrected chi connectivity index (χ2v) is 6.62. The van der Waals surface area contributed by atoms with Crippen molar-refractivity contribution >= 4 is 22.5 Å². The van der Waals surface area contributed by atoms with Gasteiger partial charge in [0.05, 0.1) is 5.52 Å². The van der Waals surface area contributed by atoms with E-state index in [-0.39, 0.29) is 18.2 Å². The van der Waals surface area contributed by atoms with Gasteiger partial charge in [0.1, 0.15) is 5.75 Å². The number of carbonyl (C=O) groups is 1. The number of benzene rings is 3. The van der Waals surface area contributed by atoms with Crippen LogP contribution in [0.1, 0.15) is 5.56 Å². The number of nitrogens with one attached hydrogen (secondary N) is 1. The lowest BCUT2D eigenvalue weighted by Gasteiger charge is -2.10. The molecule has 0 saturated heterocycles. The lowest BCUT2D eigenvalue weighted by atomic mass is 10.1. The highest BCUT2D eigenvalue weighted by Gasteiger charge is 2.12. The van der Waals surface area contributed by atoms with Gasteiger partial charge in [-0.25, -0.2) is 0 Å². The lowest BCUT2D eigenvalue weighted by molar-refractivity contribution is -0.120. The molecule has 144 valence electrons. The third-order valence-corrected chi connectivity index (χ3v) is 4.49. The van der Waals surface area contributed by atoms with E-state index in [1.807, 2.05) is 73.7 Å². The number of rotatable bonds is 5. The summed E-state index contributed by atoms with van der Waals surface area (Å²) in [4.78, 5) is 15.0. The van der Waals surface area contributed by atoms with E-state index in [1.165, 1.54) is 0 Å². The minimum Gasteiger partial charge on any atom is -0.493 e. The number of fused-ring (bicyclic) bond motifs is 1. The van der Waals surface area contributed by atoms with Crippen LogP contribution in [-0.4, -0.2) is 22.6 Å². The molecule has 0 radical (unpaired) electrons. The molecule has 0 spiro atoms. The maximum atomic E-state index is 12.2. The number of hydrogen-bond donors (Lipinski definition) is 2. The van der Waals surface area contributed by atoms with E-state index >= 15 is 0 Å². The minimum absolute atomic E-state index is 0.127. The Kier molecular flexibility index (Phi) is 5.07. The van der Waals surface area contributed by atoms with Crippen molar-refractivity contribution in [2.75, 3.05) is 6.61 Å². The van der Waals surface area contributed by atoms with Crippen LogP contribution >= 0.6 is 0 Å². The summed E-state index contributed by atoms with van der Waals surface area (Å²) in [6.07, 6.45) is 0. The molecule has 29 heavy (non-hydrogen) atoms. The first-order valence-corrected chi connectivity index (χ1v) is 9.15. The van der Waals surface area contributed by atoms with Crippen molar-refractivity contribution in [3.05, 3.63) is 78.4 Å². The van der Waals surface area contributed by atoms with Crippen LogP contribution in [-0.2, 0) is 4.79 Å². The first-order valence-electron chi connectivity index (χ1n) is 9.15. The number of hydrogen-bond acceptors (Lipinski definition) is 4. The molecule has 1 amide bonds. The number of ether oxygens (including phenoxy) is 1. The molecule has 3 aromatic carbocycles. The molecular weight excluding hydrogens is 366 g/mol. The zero-order valence-corrected chi connectivity index (χ0v) is 15.8. The third kappa shape index (κ3) is 4.01. The van der Waals surface area contributed by atoms with Gasteiger partial charge in [0.25, 0.3) is 0 Å². The van der Waals surface area contributed by atoms with E-state index < -0.39 is 5.91 Å². The lowest BCUT2D eigenvalue weighted by Crippen LogP contribution is -2.08. The van der Waals surface area contributed by atoms with Crippen molar-refractivity contribution in [1.29, 1.82) is 0 Å². The molecule has 6 nitrogen and oxygen atoms in total. The van der Waals surface area contributed by atoms with Crippen LogP contribution < -0.4 is 4.74 Å². The normalized spacial score (nSPS) is 11.2. The smallest absolute Gasteiger partial charge is 0.302 e. The predicted octanol–water partition coefficient (Wildman–Crippen LogP) is 5.54. The molecule has 2 N–H and O–H groups in total. The molecule has 1 aromatic heterocycles. The summed E-state index contributed by atoms with van der Waals surface area (Å²) in [5.74, 6) is -0.0837. The molecule has 1 heterocycles. The fourth-order valence-corrected chi connectivity index (χ4v) is 3.10. The monoisotopic (exact) mass is 385 g/mol. The van der Waals surface area contributed by atoms with Gasteiger partial charge in [0, 0.05) is 10.9 Å². The average Bonchev–Trinajstić information content (AvgIpc) is 3.06. The first kappa shape index (κ1) is 18.4. The molecule has 4 aromatic rings. The van der Waals surface area contributed by atoms with E-state index in [0.717, 1.165) is 22.2 Å². The van der Waals surface area contributed by atoms with Crippen LogP contribution in [0, 0.1) is 6.92 Å². The summed E-state index contributed by atoms with van der Waals surface area (Å²) >= 11 is 0. The van der Waals surface area contributed by atoms with Gasteiger partial charge >= 0.3 is 5.91 Å². The second kappa shape index (κ2) is 7.98. The van der Waals surface area contributed by atoms with Crippen molar-refractivity contribution in [1.82, 2.24) is 4.98 Å². The summed E-state index contributed by atoms with van der Waals surface area (Å²) in [6.45, 7) is 1.68. The van der Waals surface area contributed by atoms with Gasteiger partial charge in [-0.1, -0.05) is 60.2 Å². The quantitative estimate of drug-likeness (QED) is 0.442. The van der Waals surface area contributed by atoms with E-state index in [4.69, 9.17) is 4.74 Å². The molecule has 6 heteroatoms. The second-order valence-electron chi connectivity index (χ2n) is 6.62. The summed E-state index contributed by atoms with van der Waals surface area (Å²) in [5, 5.41) is 18.4. The van der Waals surface area contributed by atoms with E-state index in [1.54, 1.807) is 6.07 Å². The summed E-state index contributed by atoms with van der Waals surface area (Å²) < 4.78 is 5.69. The highest BCUT2D eigenvalue weighted by Crippen LogP contribution is 2.36. The molecule has 0 unspecified atom stereocenters. The van der Waals surface area contributed by atoms with E-state index in [0.29, 0.717) is 11.1 Å². The van der Waals surface area contributed by atoms with Gasteiger partial charge in [0.2, 0.25) is 5.88 Å². The largest absolute Gasteiger partial charge is 0.493 e. The van der Waals surface area contributed by atoms with Crippen LogP contribution in [0.3, 0.4) is 0 Å². The zero-order chi connectivity index (χ0) is 20.2. The Bertz CT molecular complexity index is 1200. The highest BCUT2D eigenvalue weighted by molar-refractivity contribution is 5.94. The third-order valence-electron chi connectivity index (χ3n) is 4.49. The van der Waals surface area contributed by atoms with Crippen LogP contribution in [0.25, 0.3) is 22.0 Å². The topological polar surface area (TPSA) is 87.0 Å². The number of aryl methyl sites for hydroxylation is 1. The van der Waals surface area contributed by atoms with Crippen LogP contribution in [0.15, 0.2) is 83.0 Å². The number of H-pyrrole nitrogens is 1. The van der Waals surface area contributed by atoms with Gasteiger partial charge in [-0.2, -0.15) is 0 Å². The molecule has 0 bridgehead atoms. The first-order chi connectivity index (χ1) is 14.1. The predicted molar refractivity (Wildman–Crippen MR) is 112 cm³/mol. The Morgan fingerprint density at radius 3 is 2.62 bits per heavy atom. The molecular formula is C23H19N3O3. The summed E-state index contributed by atoms with van der Waals surface area (Å²) in [6, 6.07) is 22.9. The Balaban J connectivity index is 1.50. The Morgan fingerprint density at radius 2 is 1.79 bits per heavy atom. The molecule has 0 atom stereocenters. The zero-order valence-electron chi connectivity index (χ0n) is 15.8. The standard InChI is InChI=1S/C23H19N3O3/c1-15-11-12-19-18(13-15)22(23(28)24-19)26-25-21(27)14-29-20-10-6-5-9-17(20)16-7-3-2-4-8-16/h2-13,24,28H,14H2,1H3. The maximum Gasteiger partial charge on any atom is 0.302 e. The Labute approximate surface area is 167 Å². The van der Waals surface area contributed by atoms with Crippen LogP contribution in [0.4, 0.5) is 5.69 Å². The summed E-state index contributed by atoms with van der Waals surface area (Å²) in [5.41, 5.74) is 3.86. The molecule has 4 rings (SSSR count). The van der Waals surface area contributed by atoms with Gasteiger partial charge in [-0.05, 0) is 30.7 Å². The maximum absolute atomic E-state index is 12.2. The molecule has 0 fully saturated rings. The van der Waals surface area contributed by atoms with Gasteiger partial charge < -0.3 is 14.8 Å². The van der Waals surface area contributed by atoms with E-state index in [9.17, 15) is 9.90 Å². The van der Waals surface area contributed by atoms with Crippen molar-refractivity contribution in [2.24, 2.45) is 10.2 Å². The van der Waals surface area contributed by atoms with E-state index in [2.05, 4.69) is 15.2 Å². The molecule has 0 aliphatic heterocycles. The number of amides is 1. The van der Waals surface area contributed by atoms with Gasteiger partial charge in [0.15, 0.2) is 12.3 Å². The van der Waals surface area contributed by atoms with Crippen LogP contribution in [0.2, 0.25) is 0 Å². The highest BCUT2D eigenvalue weighted by atomic mass is 16.5. The average molecular weight is 385 g/mol. The number of aromatic nitrogens is 1.